The van der Waals surface area contributed by atoms with Crippen molar-refractivity contribution in [2.24, 2.45) is 4.99 Å². The maximum absolute atomic E-state index is 5.85. The summed E-state index contributed by atoms with van der Waals surface area (Å²) < 4.78 is 5.37. The van der Waals surface area contributed by atoms with Crippen molar-refractivity contribution in [3.05, 3.63) is 59.1 Å². The van der Waals surface area contributed by atoms with Crippen molar-refractivity contribution in [3.8, 4) is 0 Å². The lowest BCUT2D eigenvalue weighted by Gasteiger charge is -2.28. The van der Waals surface area contributed by atoms with Gasteiger partial charge >= 0.3 is 0 Å². The van der Waals surface area contributed by atoms with E-state index >= 15 is 0 Å². The van der Waals surface area contributed by atoms with Gasteiger partial charge in [0.2, 0.25) is 0 Å². The molecule has 4 heteroatoms. The predicted octanol–water partition coefficient (Wildman–Crippen LogP) is 3.93. The first-order valence-corrected chi connectivity index (χ1v) is 7.41. The first-order chi connectivity index (χ1) is 10.3. The van der Waals surface area contributed by atoms with Gasteiger partial charge in [0, 0.05) is 30.0 Å². The molecular weight excluding hydrogens is 284 g/mol. The molecule has 1 heterocycles. The average molecular weight is 301 g/mol. The zero-order valence-corrected chi connectivity index (χ0v) is 12.5. The summed E-state index contributed by atoms with van der Waals surface area (Å²) in [6, 6.07) is 15.9. The number of hydrogen-bond acceptors (Lipinski definition) is 3. The lowest BCUT2D eigenvalue weighted by Crippen LogP contribution is -2.36. The highest BCUT2D eigenvalue weighted by atomic mass is 35.5. The lowest BCUT2D eigenvalue weighted by atomic mass is 10.2. The second kappa shape index (κ2) is 6.74. The van der Waals surface area contributed by atoms with Crippen LogP contribution in [0.15, 0.2) is 53.5 Å². The minimum Gasteiger partial charge on any atom is -0.378 e. The molecule has 0 bridgehead atoms. The fraction of sp³-hybridized carbons (Fsp3) is 0.235. The summed E-state index contributed by atoms with van der Waals surface area (Å²) in [7, 11) is 0. The summed E-state index contributed by atoms with van der Waals surface area (Å²) in [6.07, 6.45) is 1.87. The fourth-order valence-corrected chi connectivity index (χ4v) is 2.39. The summed E-state index contributed by atoms with van der Waals surface area (Å²) >= 11 is 5.85. The maximum atomic E-state index is 5.85. The van der Waals surface area contributed by atoms with Crippen molar-refractivity contribution >= 4 is 29.2 Å². The van der Waals surface area contributed by atoms with E-state index in [0.29, 0.717) is 0 Å². The second-order valence-electron chi connectivity index (χ2n) is 4.93. The van der Waals surface area contributed by atoms with Crippen molar-refractivity contribution in [2.75, 3.05) is 31.2 Å². The Morgan fingerprint density at radius 2 is 1.62 bits per heavy atom. The van der Waals surface area contributed by atoms with Gasteiger partial charge in [0.25, 0.3) is 0 Å². The average Bonchev–Trinajstić information content (AvgIpc) is 2.56. The fourth-order valence-electron chi connectivity index (χ4n) is 2.27. The number of benzene rings is 2. The number of anilines is 1. The van der Waals surface area contributed by atoms with Crippen molar-refractivity contribution in [1.29, 1.82) is 0 Å². The van der Waals surface area contributed by atoms with Gasteiger partial charge in [-0.2, -0.15) is 0 Å². The molecule has 21 heavy (non-hydrogen) atoms. The highest BCUT2D eigenvalue weighted by molar-refractivity contribution is 6.30. The number of morpholine rings is 1. The van der Waals surface area contributed by atoms with E-state index in [0.717, 1.165) is 42.6 Å². The van der Waals surface area contributed by atoms with Gasteiger partial charge in [-0.25, -0.2) is 0 Å². The molecule has 108 valence electrons. The number of hydrogen-bond donors (Lipinski definition) is 0. The Balaban J connectivity index is 1.67. The third kappa shape index (κ3) is 3.84. The molecule has 1 fully saturated rings. The second-order valence-corrected chi connectivity index (χ2v) is 5.36. The normalized spacial score (nSPS) is 15.6. The number of rotatable bonds is 3. The molecule has 0 aromatic heterocycles. The third-order valence-corrected chi connectivity index (χ3v) is 3.71. The predicted molar refractivity (Wildman–Crippen MR) is 88.2 cm³/mol. The molecule has 1 aliphatic heterocycles. The van der Waals surface area contributed by atoms with Gasteiger partial charge in [0.1, 0.15) is 0 Å². The molecule has 0 unspecified atom stereocenters. The highest BCUT2D eigenvalue weighted by Crippen LogP contribution is 2.18. The molecule has 0 spiro atoms. The SMILES string of the molecule is Clc1ccc(N=Cc2ccc(N3CCOCC3)cc2)cc1. The Labute approximate surface area is 129 Å². The zero-order valence-electron chi connectivity index (χ0n) is 11.7. The largest absolute Gasteiger partial charge is 0.378 e. The van der Waals surface area contributed by atoms with Crippen LogP contribution in [0.2, 0.25) is 5.02 Å². The van der Waals surface area contributed by atoms with E-state index < -0.39 is 0 Å². The number of nitrogens with zero attached hydrogens (tertiary/aromatic N) is 2. The van der Waals surface area contributed by atoms with E-state index in [1.807, 2.05) is 30.5 Å². The molecule has 0 atom stereocenters. The van der Waals surface area contributed by atoms with Crippen LogP contribution < -0.4 is 4.90 Å². The molecule has 2 aromatic rings. The molecule has 3 nitrogen and oxygen atoms in total. The molecule has 0 radical (unpaired) electrons. The van der Waals surface area contributed by atoms with Gasteiger partial charge in [-0.1, -0.05) is 23.7 Å². The van der Waals surface area contributed by atoms with Crippen molar-refractivity contribution in [3.63, 3.8) is 0 Å². The van der Waals surface area contributed by atoms with E-state index in [2.05, 4.69) is 34.2 Å². The topological polar surface area (TPSA) is 24.8 Å². The standard InChI is InChI=1S/C17H17ClN2O/c18-15-3-5-16(6-4-15)19-13-14-1-7-17(8-2-14)20-9-11-21-12-10-20/h1-8,13H,9-12H2. The quantitative estimate of drug-likeness (QED) is 0.802. The van der Waals surface area contributed by atoms with Crippen LogP contribution in [-0.4, -0.2) is 32.5 Å². The van der Waals surface area contributed by atoms with Gasteiger partial charge in [0.15, 0.2) is 0 Å². The molecule has 0 N–H and O–H groups in total. The van der Waals surface area contributed by atoms with Crippen molar-refractivity contribution in [1.82, 2.24) is 0 Å². The summed E-state index contributed by atoms with van der Waals surface area (Å²) in [5.41, 5.74) is 3.22. The number of aliphatic imine (C=N–C) groups is 1. The zero-order chi connectivity index (χ0) is 14.5. The minimum atomic E-state index is 0.726. The van der Waals surface area contributed by atoms with Gasteiger partial charge < -0.3 is 9.64 Å². The summed E-state index contributed by atoms with van der Waals surface area (Å²) in [5.74, 6) is 0. The Bertz CT molecular complexity index is 602. The van der Waals surface area contributed by atoms with Gasteiger partial charge in [-0.15, -0.1) is 0 Å². The van der Waals surface area contributed by atoms with E-state index in [1.54, 1.807) is 0 Å². The van der Waals surface area contributed by atoms with Crippen LogP contribution in [-0.2, 0) is 4.74 Å². The maximum Gasteiger partial charge on any atom is 0.0642 e. The van der Waals surface area contributed by atoms with Crippen LogP contribution in [0.4, 0.5) is 11.4 Å². The van der Waals surface area contributed by atoms with Gasteiger partial charge in [-0.3, -0.25) is 4.99 Å². The van der Waals surface area contributed by atoms with Crippen LogP contribution in [0.3, 0.4) is 0 Å². The minimum absolute atomic E-state index is 0.726. The third-order valence-electron chi connectivity index (χ3n) is 3.46. The Hall–Kier alpha value is -1.84. The van der Waals surface area contributed by atoms with E-state index in [1.165, 1.54) is 5.69 Å². The highest BCUT2D eigenvalue weighted by Gasteiger charge is 2.10. The monoisotopic (exact) mass is 300 g/mol. The molecule has 0 amide bonds. The first-order valence-electron chi connectivity index (χ1n) is 7.04. The summed E-state index contributed by atoms with van der Waals surface area (Å²) in [5, 5.41) is 0.726. The molecule has 1 aliphatic rings. The van der Waals surface area contributed by atoms with Crippen LogP contribution in [0.25, 0.3) is 0 Å². The van der Waals surface area contributed by atoms with Crippen LogP contribution in [0, 0.1) is 0 Å². The van der Waals surface area contributed by atoms with Crippen molar-refractivity contribution < 1.29 is 4.74 Å². The van der Waals surface area contributed by atoms with E-state index in [4.69, 9.17) is 16.3 Å². The smallest absolute Gasteiger partial charge is 0.0642 e. The van der Waals surface area contributed by atoms with E-state index in [9.17, 15) is 0 Å². The molecule has 3 rings (SSSR count). The summed E-state index contributed by atoms with van der Waals surface area (Å²) in [6.45, 7) is 3.52. The van der Waals surface area contributed by atoms with Crippen molar-refractivity contribution in [2.45, 2.75) is 0 Å². The molecule has 2 aromatic carbocycles. The van der Waals surface area contributed by atoms with Crippen LogP contribution >= 0.6 is 11.6 Å². The lowest BCUT2D eigenvalue weighted by molar-refractivity contribution is 0.122. The van der Waals surface area contributed by atoms with Gasteiger partial charge in [-0.05, 0) is 42.0 Å². The summed E-state index contributed by atoms with van der Waals surface area (Å²) in [4.78, 5) is 6.78. The van der Waals surface area contributed by atoms with Crippen LogP contribution in [0.1, 0.15) is 5.56 Å². The van der Waals surface area contributed by atoms with Crippen LogP contribution in [0.5, 0.6) is 0 Å². The molecule has 1 saturated heterocycles. The van der Waals surface area contributed by atoms with Gasteiger partial charge in [0.05, 0.1) is 18.9 Å². The Morgan fingerprint density at radius 1 is 0.952 bits per heavy atom. The number of ether oxygens (including phenoxy) is 1. The molecule has 0 saturated carbocycles. The first kappa shape index (κ1) is 14.1. The number of halogens is 1. The molecule has 0 aliphatic carbocycles. The molecular formula is C17H17ClN2O. The van der Waals surface area contributed by atoms with E-state index in [-0.39, 0.29) is 0 Å². The Kier molecular flexibility index (Phi) is 4.53. The Morgan fingerprint density at radius 3 is 2.29 bits per heavy atom.